The van der Waals surface area contributed by atoms with Gasteiger partial charge in [-0.05, 0) is 52.2 Å². The van der Waals surface area contributed by atoms with Gasteiger partial charge in [0.25, 0.3) is 0 Å². The number of hydrogen-bond donors (Lipinski definition) is 1. The largest absolute Gasteiger partial charge is 0.465 e. The van der Waals surface area contributed by atoms with Crippen molar-refractivity contribution in [2.45, 2.75) is 25.4 Å². The Morgan fingerprint density at radius 2 is 1.97 bits per heavy atom. The van der Waals surface area contributed by atoms with Crippen LogP contribution in [0.3, 0.4) is 0 Å². The van der Waals surface area contributed by atoms with Crippen LogP contribution in [0.1, 0.15) is 35.2 Å². The highest BCUT2D eigenvalue weighted by Crippen LogP contribution is 2.47. The molecular weight excluding hydrogens is 507 g/mol. The standard InChI is InChI=1S/C21H20BrFN2O6S/c1-11(26)24-10-18-13(7-8-31-18)14-4-6-17(19(20(14)24)21(27)30-2)25(32(28)29)16-5-3-12(23)9-15(16)22/h3-6,9,13,18,32H,7-8,10H2,1-2H3. The van der Waals surface area contributed by atoms with E-state index in [0.717, 1.165) is 22.0 Å². The normalized spacial score (nSPS) is 19.5. The molecule has 8 nitrogen and oxygen atoms in total. The molecule has 0 saturated carbocycles. The molecule has 2 unspecified atom stereocenters. The number of halogens is 2. The third-order valence-electron chi connectivity index (χ3n) is 5.73. The second kappa shape index (κ2) is 8.80. The third kappa shape index (κ3) is 3.78. The number of hydrogen-bond acceptors (Lipinski definition) is 6. The summed E-state index contributed by atoms with van der Waals surface area (Å²) in [5, 5.41) is 0. The van der Waals surface area contributed by atoms with Crippen LogP contribution in [0.2, 0.25) is 0 Å². The molecule has 0 aromatic heterocycles. The second-order valence-corrected chi connectivity index (χ2v) is 9.20. The molecule has 0 aliphatic carbocycles. The van der Waals surface area contributed by atoms with Gasteiger partial charge in [-0.15, -0.1) is 0 Å². The number of anilines is 3. The Morgan fingerprint density at radius 3 is 2.59 bits per heavy atom. The predicted octanol–water partition coefficient (Wildman–Crippen LogP) is 3.28. The molecule has 2 heterocycles. The van der Waals surface area contributed by atoms with Gasteiger partial charge in [0.2, 0.25) is 16.8 Å². The van der Waals surface area contributed by atoms with Crippen molar-refractivity contribution in [1.82, 2.24) is 0 Å². The van der Waals surface area contributed by atoms with Crippen LogP contribution < -0.4 is 9.21 Å². The van der Waals surface area contributed by atoms with E-state index in [1.165, 1.54) is 31.1 Å². The van der Waals surface area contributed by atoms with Crippen LogP contribution in [0.5, 0.6) is 0 Å². The van der Waals surface area contributed by atoms with E-state index < -0.39 is 22.7 Å². The first kappa shape index (κ1) is 22.7. The fourth-order valence-corrected chi connectivity index (χ4v) is 5.72. The maximum absolute atomic E-state index is 13.6. The minimum absolute atomic E-state index is 0.00244. The second-order valence-electron chi connectivity index (χ2n) is 7.47. The van der Waals surface area contributed by atoms with E-state index in [4.69, 9.17) is 9.47 Å². The van der Waals surface area contributed by atoms with Crippen molar-refractivity contribution in [3.05, 3.63) is 51.7 Å². The molecule has 2 aromatic carbocycles. The Kier molecular flexibility index (Phi) is 6.24. The summed E-state index contributed by atoms with van der Waals surface area (Å²) in [5.74, 6) is -1.70. The van der Waals surface area contributed by atoms with Gasteiger partial charge in [0.15, 0.2) is 0 Å². The summed E-state index contributed by atoms with van der Waals surface area (Å²) in [6, 6.07) is 6.74. The average Bonchev–Trinajstić information content (AvgIpc) is 3.22. The van der Waals surface area contributed by atoms with Crippen LogP contribution in [0.15, 0.2) is 34.8 Å². The van der Waals surface area contributed by atoms with E-state index in [1.54, 1.807) is 6.07 Å². The van der Waals surface area contributed by atoms with Crippen molar-refractivity contribution in [2.24, 2.45) is 0 Å². The first-order chi connectivity index (χ1) is 15.2. The lowest BCUT2D eigenvalue weighted by Gasteiger charge is -2.38. The fraction of sp³-hybridized carbons (Fsp3) is 0.333. The molecule has 1 amide bonds. The Morgan fingerprint density at radius 1 is 1.25 bits per heavy atom. The molecule has 2 aromatic rings. The Hall–Kier alpha value is -2.50. The first-order valence-electron chi connectivity index (χ1n) is 9.79. The van der Waals surface area contributed by atoms with Crippen LogP contribution in [0.4, 0.5) is 21.5 Å². The minimum Gasteiger partial charge on any atom is -0.465 e. The highest BCUT2D eigenvalue weighted by molar-refractivity contribution is 9.10. The van der Waals surface area contributed by atoms with E-state index >= 15 is 0 Å². The van der Waals surface area contributed by atoms with Crippen LogP contribution in [-0.4, -0.2) is 46.7 Å². The predicted molar refractivity (Wildman–Crippen MR) is 119 cm³/mol. The lowest BCUT2D eigenvalue weighted by Crippen LogP contribution is -2.43. The quantitative estimate of drug-likeness (QED) is 0.485. The van der Waals surface area contributed by atoms with Gasteiger partial charge in [0.05, 0.1) is 36.8 Å². The summed E-state index contributed by atoms with van der Waals surface area (Å²) in [5.41, 5.74) is 1.09. The van der Waals surface area contributed by atoms with Crippen molar-refractivity contribution < 1.29 is 31.9 Å². The van der Waals surface area contributed by atoms with Crippen LogP contribution in [-0.2, 0) is 25.2 Å². The monoisotopic (exact) mass is 526 g/mol. The summed E-state index contributed by atoms with van der Waals surface area (Å²) in [6.07, 6.45) is 0.508. The summed E-state index contributed by atoms with van der Waals surface area (Å²) in [4.78, 5) is 26.9. The highest BCUT2D eigenvalue weighted by Gasteiger charge is 2.42. The number of thiol groups is 1. The van der Waals surface area contributed by atoms with Gasteiger partial charge in [0, 0.05) is 23.9 Å². The molecule has 32 heavy (non-hydrogen) atoms. The smallest absolute Gasteiger partial charge is 0.342 e. The van der Waals surface area contributed by atoms with E-state index in [1.807, 2.05) is 0 Å². The number of carbonyl (C=O) groups excluding carboxylic acids is 2. The molecule has 2 aliphatic rings. The van der Waals surface area contributed by atoms with E-state index in [2.05, 4.69) is 15.9 Å². The lowest BCUT2D eigenvalue weighted by molar-refractivity contribution is -0.117. The summed E-state index contributed by atoms with van der Waals surface area (Å²) in [7, 11) is -2.11. The van der Waals surface area contributed by atoms with Gasteiger partial charge in [0.1, 0.15) is 11.4 Å². The Labute approximate surface area is 194 Å². The van der Waals surface area contributed by atoms with E-state index in [9.17, 15) is 22.4 Å². The maximum Gasteiger partial charge on any atom is 0.342 e. The number of rotatable bonds is 4. The van der Waals surface area contributed by atoms with Gasteiger partial charge >= 0.3 is 5.97 Å². The molecule has 11 heteroatoms. The number of ether oxygens (including phenoxy) is 2. The summed E-state index contributed by atoms with van der Waals surface area (Å²) < 4.78 is 50.2. The fourth-order valence-electron chi connectivity index (χ4n) is 4.37. The molecule has 0 spiro atoms. The minimum atomic E-state index is -3.30. The van der Waals surface area contributed by atoms with Crippen LogP contribution >= 0.6 is 15.9 Å². The molecule has 1 saturated heterocycles. The van der Waals surface area contributed by atoms with Crippen molar-refractivity contribution in [3.8, 4) is 0 Å². The average molecular weight is 527 g/mol. The molecule has 4 rings (SSSR count). The van der Waals surface area contributed by atoms with Gasteiger partial charge in [-0.1, -0.05) is 6.07 Å². The third-order valence-corrected chi connectivity index (χ3v) is 7.12. The first-order valence-corrected chi connectivity index (χ1v) is 11.7. The lowest BCUT2D eigenvalue weighted by atomic mass is 9.84. The molecule has 170 valence electrons. The van der Waals surface area contributed by atoms with Crippen molar-refractivity contribution >= 4 is 55.8 Å². The van der Waals surface area contributed by atoms with E-state index in [-0.39, 0.29) is 45.9 Å². The SMILES string of the molecule is COC(=O)c1c(N(c2ccc(F)cc2Br)[SH](=O)=O)ccc2c1N(C(C)=O)CC1OCCC21. The van der Waals surface area contributed by atoms with Crippen LogP contribution in [0, 0.1) is 5.82 Å². The van der Waals surface area contributed by atoms with Crippen molar-refractivity contribution in [1.29, 1.82) is 0 Å². The Bertz CT molecular complexity index is 1180. The number of benzene rings is 2. The van der Waals surface area contributed by atoms with Crippen LogP contribution in [0.25, 0.3) is 0 Å². The summed E-state index contributed by atoms with van der Waals surface area (Å²) in [6.45, 7) is 2.14. The zero-order valence-electron chi connectivity index (χ0n) is 17.2. The molecule has 0 bridgehead atoms. The molecule has 0 radical (unpaired) electrons. The number of amides is 1. The molecule has 0 N–H and O–H groups in total. The number of carbonyl (C=O) groups is 2. The number of esters is 1. The Balaban J connectivity index is 2.02. The number of fused-ring (bicyclic) bond motifs is 3. The molecule has 2 aliphatic heterocycles. The van der Waals surface area contributed by atoms with E-state index in [0.29, 0.717) is 18.7 Å². The number of nitrogens with zero attached hydrogens (tertiary/aromatic N) is 2. The summed E-state index contributed by atoms with van der Waals surface area (Å²) >= 11 is 3.19. The van der Waals surface area contributed by atoms with Crippen molar-refractivity contribution in [3.63, 3.8) is 0 Å². The molecular formula is C21H20BrFN2O6S. The number of methoxy groups -OCH3 is 1. The van der Waals surface area contributed by atoms with Crippen molar-refractivity contribution in [2.75, 3.05) is 29.5 Å². The van der Waals surface area contributed by atoms with Gasteiger partial charge in [-0.3, -0.25) is 4.79 Å². The van der Waals surface area contributed by atoms with Gasteiger partial charge in [-0.2, -0.15) is 0 Å². The topological polar surface area (TPSA) is 93.2 Å². The zero-order valence-corrected chi connectivity index (χ0v) is 19.7. The zero-order chi connectivity index (χ0) is 23.2. The maximum atomic E-state index is 13.6. The highest BCUT2D eigenvalue weighted by atomic mass is 79.9. The van der Waals surface area contributed by atoms with Gasteiger partial charge < -0.3 is 14.4 Å². The molecule has 2 atom stereocenters. The van der Waals surface area contributed by atoms with Gasteiger partial charge in [-0.25, -0.2) is 21.9 Å². The molecule has 1 fully saturated rings.